The number of rotatable bonds is 4. The second-order valence-corrected chi connectivity index (χ2v) is 4.25. The van der Waals surface area contributed by atoms with Gasteiger partial charge in [-0.05, 0) is 0 Å². The lowest BCUT2D eigenvalue weighted by atomic mass is 10.1. The maximum atomic E-state index is 10.8. The van der Waals surface area contributed by atoms with Gasteiger partial charge in [-0.2, -0.15) is 0 Å². The molecule has 0 unspecified atom stereocenters. The van der Waals surface area contributed by atoms with Crippen LogP contribution in [-0.4, -0.2) is 10.5 Å². The smallest absolute Gasteiger partial charge is 0.221 e. The fraction of sp³-hybridized carbons (Fsp3) is 0.167. The summed E-state index contributed by atoms with van der Waals surface area (Å²) in [5.74, 6) is -0.949. The standard InChI is InChI=1S/C12H10N4O4/c17-11-7-15(13-19-11)5-9-1-2-10(4-3-9)6-16-8-12(18)20-14-16/h1-4,7-8H,5-6H2. The molecule has 0 radical (unpaired) electrons. The monoisotopic (exact) mass is 274 g/mol. The van der Waals surface area contributed by atoms with Crippen molar-refractivity contribution in [2.75, 3.05) is 0 Å². The molecule has 0 aliphatic rings. The Bertz CT molecular complexity index is 643. The van der Waals surface area contributed by atoms with Gasteiger partial charge in [-0.3, -0.25) is 0 Å². The van der Waals surface area contributed by atoms with Crippen molar-refractivity contribution in [1.29, 1.82) is 0 Å². The van der Waals surface area contributed by atoms with Crippen LogP contribution < -0.4 is 19.6 Å². The summed E-state index contributed by atoms with van der Waals surface area (Å²) in [6, 6.07) is 7.61. The van der Waals surface area contributed by atoms with Gasteiger partial charge in [0.25, 0.3) is 0 Å². The van der Waals surface area contributed by atoms with Gasteiger partial charge in [-0.1, -0.05) is 33.6 Å². The molecule has 3 aromatic rings. The van der Waals surface area contributed by atoms with E-state index in [0.29, 0.717) is 13.1 Å². The van der Waals surface area contributed by atoms with Crippen LogP contribution in [0.5, 0.6) is 11.9 Å². The van der Waals surface area contributed by atoms with Gasteiger partial charge >= 0.3 is 0 Å². The first kappa shape index (κ1) is 12.2. The Hall–Kier alpha value is -2.90. The molecule has 2 aromatic heterocycles. The molecular weight excluding hydrogens is 264 g/mol. The van der Waals surface area contributed by atoms with Crippen molar-refractivity contribution in [3.05, 3.63) is 47.8 Å². The quantitative estimate of drug-likeness (QED) is 0.535. The van der Waals surface area contributed by atoms with Crippen molar-refractivity contribution in [2.24, 2.45) is 0 Å². The molecular formula is C12H10N4O4. The highest BCUT2D eigenvalue weighted by molar-refractivity contribution is 5.21. The molecule has 0 amide bonds. The van der Waals surface area contributed by atoms with E-state index in [4.69, 9.17) is 0 Å². The van der Waals surface area contributed by atoms with E-state index in [1.54, 1.807) is 0 Å². The van der Waals surface area contributed by atoms with Crippen molar-refractivity contribution in [3.8, 4) is 11.9 Å². The van der Waals surface area contributed by atoms with Crippen LogP contribution in [0.2, 0.25) is 0 Å². The van der Waals surface area contributed by atoms with Gasteiger partial charge in [-0.25, -0.2) is 0 Å². The summed E-state index contributed by atoms with van der Waals surface area (Å²) in [7, 11) is 0. The first-order chi connectivity index (χ1) is 9.69. The number of aromatic nitrogens is 4. The molecule has 0 N–H and O–H groups in total. The van der Waals surface area contributed by atoms with Crippen LogP contribution in [0.3, 0.4) is 0 Å². The molecule has 0 fully saturated rings. The second kappa shape index (κ2) is 5.00. The summed E-state index contributed by atoms with van der Waals surface area (Å²) in [6.45, 7) is 0.904. The van der Waals surface area contributed by atoms with Crippen LogP contribution in [0, 0.1) is 0 Å². The Morgan fingerprint density at radius 2 is 1.20 bits per heavy atom. The van der Waals surface area contributed by atoms with Crippen LogP contribution in [0.1, 0.15) is 11.1 Å². The first-order valence-electron chi connectivity index (χ1n) is 5.84. The minimum Gasteiger partial charge on any atom is -0.539 e. The fourth-order valence-corrected chi connectivity index (χ4v) is 1.80. The molecule has 0 aliphatic carbocycles. The Morgan fingerprint density at radius 1 is 0.800 bits per heavy atom. The number of benzene rings is 1. The van der Waals surface area contributed by atoms with Gasteiger partial charge in [0, 0.05) is 11.1 Å². The molecule has 0 saturated carbocycles. The molecule has 0 atom stereocenters. The lowest BCUT2D eigenvalue weighted by Gasteiger charge is -1.96. The van der Waals surface area contributed by atoms with Crippen molar-refractivity contribution < 1.29 is 28.6 Å². The minimum atomic E-state index is -0.475. The van der Waals surface area contributed by atoms with Crippen molar-refractivity contribution in [2.45, 2.75) is 13.1 Å². The third-order valence-corrected chi connectivity index (χ3v) is 2.69. The van der Waals surface area contributed by atoms with Gasteiger partial charge in [-0.15, -0.1) is 0 Å². The molecule has 20 heavy (non-hydrogen) atoms. The average Bonchev–Trinajstić information content (AvgIpc) is 3.01. The zero-order valence-corrected chi connectivity index (χ0v) is 10.3. The summed E-state index contributed by atoms with van der Waals surface area (Å²) < 4.78 is 11.7. The lowest BCUT2D eigenvalue weighted by Crippen LogP contribution is -2.36. The Labute approximate surface area is 113 Å². The van der Waals surface area contributed by atoms with E-state index < -0.39 is 11.9 Å². The summed E-state index contributed by atoms with van der Waals surface area (Å²) in [4.78, 5) is 0. The summed E-state index contributed by atoms with van der Waals surface area (Å²) in [5.41, 5.74) is 1.95. The van der Waals surface area contributed by atoms with E-state index in [1.807, 2.05) is 24.3 Å². The zero-order valence-electron chi connectivity index (χ0n) is 10.3. The van der Waals surface area contributed by atoms with E-state index in [1.165, 1.54) is 21.8 Å². The molecule has 1 aromatic carbocycles. The molecule has 2 heterocycles. The van der Waals surface area contributed by atoms with Gasteiger partial charge in [0.15, 0.2) is 0 Å². The molecule has 102 valence electrons. The topological polar surface area (TPSA) is 106 Å². The van der Waals surface area contributed by atoms with Gasteiger partial charge in [0.1, 0.15) is 11.9 Å². The highest BCUT2D eigenvalue weighted by atomic mass is 16.6. The van der Waals surface area contributed by atoms with Crippen molar-refractivity contribution in [3.63, 3.8) is 0 Å². The fourth-order valence-electron chi connectivity index (χ4n) is 1.80. The summed E-state index contributed by atoms with van der Waals surface area (Å²) in [6.07, 6.45) is 2.57. The highest BCUT2D eigenvalue weighted by Crippen LogP contribution is 2.05. The van der Waals surface area contributed by atoms with Crippen molar-refractivity contribution >= 4 is 0 Å². The first-order valence-corrected chi connectivity index (χ1v) is 5.84. The molecule has 0 bridgehead atoms. The number of hydrogen-bond donors (Lipinski definition) is 0. The molecule has 0 aliphatic heterocycles. The minimum absolute atomic E-state index is 0.452. The lowest BCUT2D eigenvalue weighted by molar-refractivity contribution is -0.755. The van der Waals surface area contributed by atoms with Crippen molar-refractivity contribution in [1.82, 2.24) is 10.5 Å². The van der Waals surface area contributed by atoms with E-state index >= 15 is 0 Å². The van der Waals surface area contributed by atoms with E-state index in [2.05, 4.69) is 19.6 Å². The second-order valence-electron chi connectivity index (χ2n) is 4.25. The van der Waals surface area contributed by atoms with Crippen LogP contribution in [-0.2, 0) is 13.1 Å². The number of nitrogens with zero attached hydrogens (tertiary/aromatic N) is 4. The molecule has 8 heteroatoms. The number of hydrogen-bond acceptors (Lipinski definition) is 6. The molecule has 8 nitrogen and oxygen atoms in total. The zero-order chi connectivity index (χ0) is 13.9. The van der Waals surface area contributed by atoms with Gasteiger partial charge in [0.2, 0.25) is 25.5 Å². The predicted octanol–water partition coefficient (Wildman–Crippen LogP) is -1.52. The maximum absolute atomic E-state index is 10.8. The van der Waals surface area contributed by atoms with E-state index in [9.17, 15) is 10.2 Å². The Morgan fingerprint density at radius 3 is 1.50 bits per heavy atom. The normalized spacial score (nSPS) is 10.8. The molecule has 3 rings (SSSR count). The summed E-state index contributed by atoms with van der Waals surface area (Å²) >= 11 is 0. The van der Waals surface area contributed by atoms with E-state index in [-0.39, 0.29) is 0 Å². The molecule has 0 saturated heterocycles. The predicted molar refractivity (Wildman–Crippen MR) is 56.9 cm³/mol. The van der Waals surface area contributed by atoms with Crippen LogP contribution in [0.4, 0.5) is 0 Å². The summed E-state index contributed by atoms with van der Waals surface area (Å²) in [5, 5.41) is 28.8. The van der Waals surface area contributed by atoms with Crippen LogP contribution >= 0.6 is 0 Å². The third kappa shape index (κ3) is 2.74. The SMILES string of the molecule is [O-]c1c[n+](Cc2ccc(C[n+]3cc([O-])on3)cc2)no1. The van der Waals surface area contributed by atoms with Gasteiger partial charge < -0.3 is 19.3 Å². The van der Waals surface area contributed by atoms with Gasteiger partial charge in [0.05, 0.1) is 10.5 Å². The highest BCUT2D eigenvalue weighted by Gasteiger charge is 2.08. The Balaban J connectivity index is 1.68. The van der Waals surface area contributed by atoms with E-state index in [0.717, 1.165) is 11.1 Å². The average molecular weight is 274 g/mol. The largest absolute Gasteiger partial charge is 0.539 e. The molecule has 0 spiro atoms. The maximum Gasteiger partial charge on any atom is 0.221 e. The Kier molecular flexibility index (Phi) is 3.04. The van der Waals surface area contributed by atoms with Crippen LogP contribution in [0.25, 0.3) is 0 Å². The van der Waals surface area contributed by atoms with Crippen LogP contribution in [0.15, 0.2) is 45.7 Å². The third-order valence-electron chi connectivity index (χ3n) is 2.69.